The number of rotatable bonds is 4. The quantitative estimate of drug-likeness (QED) is 0.578. The topological polar surface area (TPSA) is 0 Å². The Labute approximate surface area is 62.0 Å². The van der Waals surface area contributed by atoms with Gasteiger partial charge in [0.1, 0.15) is 0 Å². The predicted octanol–water partition coefficient (Wildman–Crippen LogP) is 3.57. The number of thioether (sulfide) groups is 1. The van der Waals surface area contributed by atoms with E-state index in [4.69, 9.17) is 0 Å². The van der Waals surface area contributed by atoms with E-state index in [0.29, 0.717) is 0 Å². The molecule has 0 aromatic carbocycles. The van der Waals surface area contributed by atoms with Gasteiger partial charge >= 0.3 is 0 Å². The maximum Gasteiger partial charge on any atom is -0.0180 e. The predicted molar refractivity (Wildman–Crippen MR) is 46.5 cm³/mol. The highest BCUT2D eigenvalue weighted by atomic mass is 32.2. The standard InChI is InChI=1S/C8H14S/c1-4-6-8(3)9-7-5-2/h5,7H,3-4,6H2,1-2H3/b7-5-. The van der Waals surface area contributed by atoms with Crippen molar-refractivity contribution in [3.63, 3.8) is 0 Å². The number of hydrogen-bond donors (Lipinski definition) is 0. The maximum atomic E-state index is 3.89. The molecule has 0 saturated carbocycles. The molecule has 0 fully saturated rings. The van der Waals surface area contributed by atoms with Gasteiger partial charge in [0.15, 0.2) is 0 Å². The van der Waals surface area contributed by atoms with Crippen LogP contribution in [0, 0.1) is 0 Å². The van der Waals surface area contributed by atoms with E-state index in [0.717, 1.165) is 6.42 Å². The molecule has 0 aliphatic rings. The molecule has 0 aliphatic heterocycles. The fourth-order valence-electron chi connectivity index (χ4n) is 0.502. The lowest BCUT2D eigenvalue weighted by atomic mass is 10.3. The maximum absolute atomic E-state index is 3.89. The van der Waals surface area contributed by atoms with Crippen molar-refractivity contribution in [1.29, 1.82) is 0 Å². The molecule has 1 heteroatoms. The zero-order valence-electron chi connectivity index (χ0n) is 6.18. The minimum Gasteiger partial charge on any atom is -0.103 e. The van der Waals surface area contributed by atoms with Gasteiger partial charge in [0, 0.05) is 0 Å². The molecule has 9 heavy (non-hydrogen) atoms. The van der Waals surface area contributed by atoms with Crippen LogP contribution >= 0.6 is 11.8 Å². The van der Waals surface area contributed by atoms with Crippen LogP contribution in [0.3, 0.4) is 0 Å². The Kier molecular flexibility index (Phi) is 5.85. The second-order valence-electron chi connectivity index (χ2n) is 1.88. The van der Waals surface area contributed by atoms with Gasteiger partial charge in [0.25, 0.3) is 0 Å². The summed E-state index contributed by atoms with van der Waals surface area (Å²) in [4.78, 5) is 1.26. The van der Waals surface area contributed by atoms with Gasteiger partial charge in [0.05, 0.1) is 0 Å². The van der Waals surface area contributed by atoms with Crippen LogP contribution in [-0.4, -0.2) is 0 Å². The molecule has 0 N–H and O–H groups in total. The van der Waals surface area contributed by atoms with Crippen LogP contribution in [0.2, 0.25) is 0 Å². The molecule has 0 amide bonds. The van der Waals surface area contributed by atoms with Crippen molar-refractivity contribution in [2.45, 2.75) is 26.7 Å². The second kappa shape index (κ2) is 5.96. The van der Waals surface area contributed by atoms with Crippen LogP contribution in [0.1, 0.15) is 26.7 Å². The molecule has 0 bridgehead atoms. The number of hydrogen-bond acceptors (Lipinski definition) is 1. The third kappa shape index (κ3) is 5.71. The molecule has 0 rings (SSSR count). The summed E-state index contributed by atoms with van der Waals surface area (Å²) in [5.41, 5.74) is 0. The second-order valence-corrected chi connectivity index (χ2v) is 2.96. The molecular formula is C8H14S. The molecule has 0 radical (unpaired) electrons. The highest BCUT2D eigenvalue weighted by molar-refractivity contribution is 8.05. The van der Waals surface area contributed by atoms with E-state index in [-0.39, 0.29) is 0 Å². The minimum absolute atomic E-state index is 1.13. The fourth-order valence-corrected chi connectivity index (χ4v) is 1.15. The van der Waals surface area contributed by atoms with Crippen molar-refractivity contribution in [3.05, 3.63) is 23.0 Å². The molecular weight excluding hydrogens is 128 g/mol. The van der Waals surface area contributed by atoms with E-state index in [9.17, 15) is 0 Å². The summed E-state index contributed by atoms with van der Waals surface area (Å²) in [5, 5.41) is 2.07. The Morgan fingerprint density at radius 2 is 2.33 bits per heavy atom. The molecule has 0 aromatic rings. The van der Waals surface area contributed by atoms with Crippen molar-refractivity contribution >= 4 is 11.8 Å². The molecule has 0 atom stereocenters. The summed E-state index contributed by atoms with van der Waals surface area (Å²) < 4.78 is 0. The monoisotopic (exact) mass is 142 g/mol. The van der Waals surface area contributed by atoms with Crippen LogP contribution in [0.25, 0.3) is 0 Å². The van der Waals surface area contributed by atoms with Crippen LogP contribution < -0.4 is 0 Å². The van der Waals surface area contributed by atoms with Crippen molar-refractivity contribution < 1.29 is 0 Å². The Balaban J connectivity index is 3.27. The zero-order valence-corrected chi connectivity index (χ0v) is 7.00. The first-order chi connectivity index (χ1) is 4.31. The lowest BCUT2D eigenvalue weighted by Crippen LogP contribution is -1.68. The SMILES string of the molecule is C=C(CCC)S/C=C\C. The molecule has 0 heterocycles. The van der Waals surface area contributed by atoms with Gasteiger partial charge in [-0.3, -0.25) is 0 Å². The largest absolute Gasteiger partial charge is 0.103 e. The van der Waals surface area contributed by atoms with Gasteiger partial charge in [0.2, 0.25) is 0 Å². The van der Waals surface area contributed by atoms with Crippen molar-refractivity contribution in [3.8, 4) is 0 Å². The van der Waals surface area contributed by atoms with Crippen LogP contribution in [0.5, 0.6) is 0 Å². The Hall–Kier alpha value is -0.170. The van der Waals surface area contributed by atoms with E-state index in [2.05, 4.69) is 18.9 Å². The smallest absolute Gasteiger partial charge is 0.0180 e. The van der Waals surface area contributed by atoms with Crippen LogP contribution in [-0.2, 0) is 0 Å². The Morgan fingerprint density at radius 3 is 2.78 bits per heavy atom. The zero-order chi connectivity index (χ0) is 7.11. The molecule has 0 nitrogen and oxygen atoms in total. The van der Waals surface area contributed by atoms with Crippen molar-refractivity contribution in [2.24, 2.45) is 0 Å². The molecule has 0 saturated heterocycles. The number of allylic oxidation sites excluding steroid dienone is 2. The van der Waals surface area contributed by atoms with E-state index in [1.54, 1.807) is 11.8 Å². The summed E-state index contributed by atoms with van der Waals surface area (Å²) in [7, 11) is 0. The fraction of sp³-hybridized carbons (Fsp3) is 0.500. The van der Waals surface area contributed by atoms with Gasteiger partial charge in [-0.15, -0.1) is 11.8 Å². The third-order valence-corrected chi connectivity index (χ3v) is 1.85. The molecule has 0 spiro atoms. The first kappa shape index (κ1) is 8.83. The van der Waals surface area contributed by atoms with Gasteiger partial charge in [-0.05, 0) is 23.7 Å². The Bertz CT molecular complexity index is 103. The van der Waals surface area contributed by atoms with Crippen LogP contribution in [0.4, 0.5) is 0 Å². The highest BCUT2D eigenvalue weighted by Gasteiger charge is 1.86. The van der Waals surface area contributed by atoms with E-state index >= 15 is 0 Å². The average Bonchev–Trinajstić information content (AvgIpc) is 1.85. The molecule has 0 unspecified atom stereocenters. The van der Waals surface area contributed by atoms with Gasteiger partial charge < -0.3 is 0 Å². The first-order valence-electron chi connectivity index (χ1n) is 3.26. The average molecular weight is 142 g/mol. The van der Waals surface area contributed by atoms with Gasteiger partial charge in [-0.1, -0.05) is 26.0 Å². The van der Waals surface area contributed by atoms with Crippen LogP contribution in [0.15, 0.2) is 23.0 Å². The highest BCUT2D eigenvalue weighted by Crippen LogP contribution is 2.18. The summed E-state index contributed by atoms with van der Waals surface area (Å²) >= 11 is 1.73. The van der Waals surface area contributed by atoms with E-state index in [1.807, 2.05) is 13.0 Å². The first-order valence-corrected chi connectivity index (χ1v) is 4.14. The summed E-state index contributed by atoms with van der Waals surface area (Å²) in [6, 6.07) is 0. The molecule has 0 aliphatic carbocycles. The van der Waals surface area contributed by atoms with Crippen molar-refractivity contribution in [2.75, 3.05) is 0 Å². The third-order valence-electron chi connectivity index (χ3n) is 0.900. The summed E-state index contributed by atoms with van der Waals surface area (Å²) in [6.07, 6.45) is 4.36. The Morgan fingerprint density at radius 1 is 1.67 bits per heavy atom. The van der Waals surface area contributed by atoms with Crippen molar-refractivity contribution in [1.82, 2.24) is 0 Å². The normalized spacial score (nSPS) is 10.4. The van der Waals surface area contributed by atoms with E-state index in [1.165, 1.54) is 11.3 Å². The van der Waals surface area contributed by atoms with Gasteiger partial charge in [-0.2, -0.15) is 0 Å². The molecule has 0 aromatic heterocycles. The lowest BCUT2D eigenvalue weighted by Gasteiger charge is -1.95. The molecule has 52 valence electrons. The van der Waals surface area contributed by atoms with E-state index < -0.39 is 0 Å². The summed E-state index contributed by atoms with van der Waals surface area (Å²) in [6.45, 7) is 8.08. The van der Waals surface area contributed by atoms with Gasteiger partial charge in [-0.25, -0.2) is 0 Å². The minimum atomic E-state index is 1.13. The lowest BCUT2D eigenvalue weighted by molar-refractivity contribution is 0.951. The summed E-state index contributed by atoms with van der Waals surface area (Å²) in [5.74, 6) is 0.